The van der Waals surface area contributed by atoms with Gasteiger partial charge in [-0.25, -0.2) is 13.4 Å². The van der Waals surface area contributed by atoms with Gasteiger partial charge in [0.05, 0.1) is 9.67 Å². The van der Waals surface area contributed by atoms with Crippen LogP contribution in [-0.4, -0.2) is 35.9 Å². The summed E-state index contributed by atoms with van der Waals surface area (Å²) < 4.78 is 22.1. The maximum atomic E-state index is 11.6. The lowest BCUT2D eigenvalue weighted by Crippen LogP contribution is -2.38. The van der Waals surface area contributed by atoms with Crippen molar-refractivity contribution in [3.05, 3.63) is 27.9 Å². The maximum absolute atomic E-state index is 11.6. The van der Waals surface area contributed by atoms with Crippen LogP contribution in [0.3, 0.4) is 0 Å². The Labute approximate surface area is 112 Å². The van der Waals surface area contributed by atoms with Crippen molar-refractivity contribution in [2.24, 2.45) is 0 Å². The van der Waals surface area contributed by atoms with E-state index >= 15 is 0 Å². The predicted molar refractivity (Wildman–Crippen MR) is 73.0 cm³/mol. The van der Waals surface area contributed by atoms with Crippen molar-refractivity contribution in [1.82, 2.24) is 4.98 Å². The van der Waals surface area contributed by atoms with Crippen LogP contribution in [0.25, 0.3) is 0 Å². The van der Waals surface area contributed by atoms with E-state index in [0.717, 1.165) is 6.26 Å². The monoisotopic (exact) mass is 287 g/mol. The molecule has 0 saturated carbocycles. The summed E-state index contributed by atoms with van der Waals surface area (Å²) in [7, 11) is -3.28. The fourth-order valence-corrected chi connectivity index (χ4v) is 1.67. The second-order valence-electron chi connectivity index (χ2n) is 4.97. The van der Waals surface area contributed by atoms with Gasteiger partial charge in [0.15, 0.2) is 9.84 Å². The van der Waals surface area contributed by atoms with Crippen molar-refractivity contribution in [3.8, 4) is 0 Å². The molecule has 0 fully saturated rings. The van der Waals surface area contributed by atoms with E-state index in [1.165, 1.54) is 12.3 Å². The molecule has 0 spiro atoms. The highest BCUT2D eigenvalue weighted by molar-refractivity contribution is 7.92. The van der Waals surface area contributed by atoms with Gasteiger partial charge in [-0.1, -0.05) is 0 Å². The van der Waals surface area contributed by atoms with Gasteiger partial charge in [0.2, 0.25) is 5.82 Å². The Balaban J connectivity index is 3.03. The first-order valence-corrected chi connectivity index (χ1v) is 7.49. The van der Waals surface area contributed by atoms with Crippen molar-refractivity contribution in [2.45, 2.75) is 25.5 Å². The highest BCUT2D eigenvalue weighted by Gasteiger charge is 2.31. The zero-order chi connectivity index (χ0) is 14.8. The molecule has 0 saturated heterocycles. The second kappa shape index (κ2) is 5.12. The fourth-order valence-electron chi connectivity index (χ4n) is 1.34. The van der Waals surface area contributed by atoms with E-state index in [1.807, 2.05) is 0 Å². The Hall–Kier alpha value is -1.70. The number of sulfone groups is 1. The van der Waals surface area contributed by atoms with Gasteiger partial charge in [-0.2, -0.15) is 0 Å². The average Bonchev–Trinajstić information content (AvgIpc) is 2.24. The summed E-state index contributed by atoms with van der Waals surface area (Å²) in [6, 6.07) is 1.53. The molecule has 1 aromatic heterocycles. The summed E-state index contributed by atoms with van der Waals surface area (Å²) >= 11 is 0. The van der Waals surface area contributed by atoms with Crippen LogP contribution in [0.15, 0.2) is 12.3 Å². The molecule has 0 atom stereocenters. The Kier molecular flexibility index (Phi) is 4.14. The molecular weight excluding hydrogens is 270 g/mol. The third-order valence-electron chi connectivity index (χ3n) is 2.99. The van der Waals surface area contributed by atoms with Crippen LogP contribution in [0.5, 0.6) is 0 Å². The van der Waals surface area contributed by atoms with E-state index in [9.17, 15) is 18.5 Å². The van der Waals surface area contributed by atoms with Crippen molar-refractivity contribution in [3.63, 3.8) is 0 Å². The van der Waals surface area contributed by atoms with E-state index in [4.69, 9.17) is 0 Å². The van der Waals surface area contributed by atoms with Crippen molar-refractivity contribution < 1.29 is 13.3 Å². The molecule has 1 rings (SSSR count). The first kappa shape index (κ1) is 15.4. The molecule has 0 radical (unpaired) electrons. The minimum absolute atomic E-state index is 0.0448. The van der Waals surface area contributed by atoms with E-state index in [2.05, 4.69) is 10.3 Å². The van der Waals surface area contributed by atoms with Crippen molar-refractivity contribution in [1.29, 1.82) is 0 Å². The first-order chi connectivity index (χ1) is 8.56. The summed E-state index contributed by atoms with van der Waals surface area (Å²) in [6.45, 7) is 4.75. The molecule has 0 aromatic carbocycles. The molecule has 0 aliphatic heterocycles. The van der Waals surface area contributed by atoms with E-state index in [0.29, 0.717) is 5.56 Å². The molecule has 1 heterocycles. The molecule has 106 valence electrons. The van der Waals surface area contributed by atoms with Gasteiger partial charge in [-0.05, 0) is 26.8 Å². The number of pyridine rings is 1. The standard InChI is InChI=1S/C11H17N3O4S/c1-8-5-6-12-10(9(8)14(15)16)13-7-11(2,3)19(4,17)18/h5-6H,7H2,1-4H3,(H,12,13). The molecule has 8 heteroatoms. The number of hydrogen-bond acceptors (Lipinski definition) is 6. The van der Waals surface area contributed by atoms with Gasteiger partial charge in [-0.15, -0.1) is 0 Å². The molecule has 0 unspecified atom stereocenters. The third kappa shape index (κ3) is 3.40. The number of aromatic nitrogens is 1. The van der Waals surface area contributed by atoms with Gasteiger partial charge in [0, 0.05) is 24.6 Å². The smallest absolute Gasteiger partial charge is 0.314 e. The van der Waals surface area contributed by atoms with Crippen LogP contribution in [0.4, 0.5) is 11.5 Å². The average molecular weight is 287 g/mol. The SMILES string of the molecule is Cc1ccnc(NCC(C)(C)S(C)(=O)=O)c1[N+](=O)[O-]. The third-order valence-corrected chi connectivity index (χ3v) is 5.15. The van der Waals surface area contributed by atoms with E-state index in [-0.39, 0.29) is 18.1 Å². The number of nitrogens with one attached hydrogen (secondary N) is 1. The van der Waals surface area contributed by atoms with Crippen LogP contribution in [-0.2, 0) is 9.84 Å². The topological polar surface area (TPSA) is 102 Å². The summed E-state index contributed by atoms with van der Waals surface area (Å²) in [5, 5.41) is 13.7. The number of nitro groups is 1. The zero-order valence-corrected chi connectivity index (χ0v) is 12.1. The van der Waals surface area contributed by atoms with Crippen LogP contribution < -0.4 is 5.32 Å². The van der Waals surface area contributed by atoms with E-state index in [1.54, 1.807) is 20.8 Å². The Morgan fingerprint density at radius 1 is 1.47 bits per heavy atom. The van der Waals surface area contributed by atoms with Gasteiger partial charge >= 0.3 is 5.69 Å². The molecule has 0 bridgehead atoms. The quantitative estimate of drug-likeness (QED) is 0.651. The molecule has 1 aromatic rings. The summed E-state index contributed by atoms with van der Waals surface area (Å²) in [5.41, 5.74) is 0.339. The number of hydrogen-bond donors (Lipinski definition) is 1. The second-order valence-corrected chi connectivity index (χ2v) is 7.62. The highest BCUT2D eigenvalue weighted by Crippen LogP contribution is 2.26. The molecule has 19 heavy (non-hydrogen) atoms. The number of nitrogens with zero attached hydrogens (tertiary/aromatic N) is 2. The lowest BCUT2D eigenvalue weighted by atomic mass is 10.2. The molecule has 7 nitrogen and oxygen atoms in total. The van der Waals surface area contributed by atoms with Crippen LogP contribution in [0.2, 0.25) is 0 Å². The number of aryl methyl sites for hydroxylation is 1. The van der Waals surface area contributed by atoms with Crippen LogP contribution >= 0.6 is 0 Å². The molecule has 0 amide bonds. The normalized spacial score (nSPS) is 12.2. The van der Waals surface area contributed by atoms with Gasteiger partial charge in [0.1, 0.15) is 0 Å². The fraction of sp³-hybridized carbons (Fsp3) is 0.545. The first-order valence-electron chi connectivity index (χ1n) is 5.60. The van der Waals surface area contributed by atoms with Crippen molar-refractivity contribution in [2.75, 3.05) is 18.1 Å². The molecule has 0 aliphatic carbocycles. The predicted octanol–water partition coefficient (Wildman–Crippen LogP) is 1.53. The molecule has 0 aliphatic rings. The van der Waals surface area contributed by atoms with Gasteiger partial charge in [0.25, 0.3) is 0 Å². The number of anilines is 1. The van der Waals surface area contributed by atoms with Crippen molar-refractivity contribution >= 4 is 21.3 Å². The summed E-state index contributed by atoms with van der Waals surface area (Å²) in [5.74, 6) is 0.0849. The Morgan fingerprint density at radius 3 is 2.53 bits per heavy atom. The lowest BCUT2D eigenvalue weighted by Gasteiger charge is -2.23. The Bertz CT molecular complexity index is 596. The highest BCUT2D eigenvalue weighted by atomic mass is 32.2. The number of rotatable bonds is 5. The van der Waals surface area contributed by atoms with Gasteiger partial charge in [-0.3, -0.25) is 10.1 Å². The van der Waals surface area contributed by atoms with Gasteiger partial charge < -0.3 is 5.32 Å². The van der Waals surface area contributed by atoms with Crippen LogP contribution in [0.1, 0.15) is 19.4 Å². The minimum atomic E-state index is -3.28. The lowest BCUT2D eigenvalue weighted by molar-refractivity contribution is -0.384. The van der Waals surface area contributed by atoms with E-state index < -0.39 is 19.5 Å². The maximum Gasteiger partial charge on any atom is 0.314 e. The molecule has 1 N–H and O–H groups in total. The summed E-state index contributed by atoms with van der Waals surface area (Å²) in [6.07, 6.45) is 2.57. The Morgan fingerprint density at radius 2 is 2.05 bits per heavy atom. The summed E-state index contributed by atoms with van der Waals surface area (Å²) in [4.78, 5) is 14.3. The zero-order valence-electron chi connectivity index (χ0n) is 11.3. The van der Waals surface area contributed by atoms with Crippen LogP contribution in [0, 0.1) is 17.0 Å². The molecular formula is C11H17N3O4S. The minimum Gasteiger partial charge on any atom is -0.363 e. The largest absolute Gasteiger partial charge is 0.363 e.